The minimum Gasteiger partial charge on any atom is -0.394 e. The Balaban J connectivity index is 0. The smallest absolute Gasteiger partial charge is 0.0483 e. The van der Waals surface area contributed by atoms with E-state index >= 15 is 0 Å². The third-order valence-electron chi connectivity index (χ3n) is 0. The maximum Gasteiger partial charge on any atom is 0.0483 e. The fourth-order valence-electron chi connectivity index (χ4n) is 0. The standard InChI is InChI=1S/C3H8O.Sb/c1-3(2)4;/h3-4H,1-2H3;. The van der Waals surface area contributed by atoms with Crippen LogP contribution in [0.5, 0.6) is 0 Å². The van der Waals surface area contributed by atoms with E-state index in [0.29, 0.717) is 0 Å². The zero-order chi connectivity index (χ0) is 3.58. The van der Waals surface area contributed by atoms with Crippen molar-refractivity contribution in [1.29, 1.82) is 0 Å². The van der Waals surface area contributed by atoms with Gasteiger partial charge in [0.2, 0.25) is 0 Å². The summed E-state index contributed by atoms with van der Waals surface area (Å²) in [5.74, 6) is 0. The van der Waals surface area contributed by atoms with E-state index in [9.17, 15) is 0 Å². The predicted octanol–water partition coefficient (Wildman–Crippen LogP) is 0.00630. The van der Waals surface area contributed by atoms with Crippen LogP contribution in [0.2, 0.25) is 0 Å². The van der Waals surface area contributed by atoms with Crippen molar-refractivity contribution in [2.24, 2.45) is 0 Å². The van der Waals surface area contributed by atoms with Gasteiger partial charge in [0.05, 0.1) is 0 Å². The normalized spacial score (nSPS) is 7.20. The molecule has 0 aliphatic rings. The Bertz CT molecular complexity index is 11.6. The molecule has 0 atom stereocenters. The van der Waals surface area contributed by atoms with Gasteiger partial charge in [-0.3, -0.25) is 0 Å². The molecule has 0 fully saturated rings. The van der Waals surface area contributed by atoms with Gasteiger partial charge in [0.15, 0.2) is 0 Å². The van der Waals surface area contributed by atoms with Gasteiger partial charge in [-0.25, -0.2) is 0 Å². The number of rotatable bonds is 0. The topological polar surface area (TPSA) is 20.2 Å². The van der Waals surface area contributed by atoms with Gasteiger partial charge in [-0.1, -0.05) is 0 Å². The number of aliphatic hydroxyl groups is 1. The van der Waals surface area contributed by atoms with E-state index in [1.54, 1.807) is 13.8 Å². The molecule has 0 bridgehead atoms. The molecule has 0 aromatic rings. The van der Waals surface area contributed by atoms with Gasteiger partial charge in [0.25, 0.3) is 0 Å². The molecular formula is C3H8OSb. The first kappa shape index (κ1) is 9.24. The summed E-state index contributed by atoms with van der Waals surface area (Å²) >= 11 is 0. The molecule has 0 saturated carbocycles. The zero-order valence-corrected chi connectivity index (χ0v) is 6.02. The van der Waals surface area contributed by atoms with Crippen LogP contribution in [0, 0.1) is 0 Å². The van der Waals surface area contributed by atoms with E-state index in [0.717, 1.165) is 0 Å². The van der Waals surface area contributed by atoms with Crippen molar-refractivity contribution in [3.05, 3.63) is 0 Å². The average molecular weight is 182 g/mol. The molecule has 0 saturated heterocycles. The predicted molar refractivity (Wildman–Crippen MR) is 23.1 cm³/mol. The molecule has 1 N–H and O–H groups in total. The van der Waals surface area contributed by atoms with Crippen LogP contribution in [0.3, 0.4) is 0 Å². The van der Waals surface area contributed by atoms with Crippen LogP contribution in [-0.4, -0.2) is 35.6 Å². The van der Waals surface area contributed by atoms with Crippen LogP contribution >= 0.6 is 0 Å². The molecule has 31 valence electrons. The van der Waals surface area contributed by atoms with E-state index in [-0.39, 0.29) is 30.5 Å². The largest absolute Gasteiger partial charge is 0.394 e. The van der Waals surface area contributed by atoms with Crippen molar-refractivity contribution in [3.63, 3.8) is 0 Å². The van der Waals surface area contributed by atoms with Crippen molar-refractivity contribution < 1.29 is 5.11 Å². The SMILES string of the molecule is CC(C)O.[Sb]. The van der Waals surface area contributed by atoms with E-state index < -0.39 is 0 Å². The molecule has 5 heavy (non-hydrogen) atoms. The maximum atomic E-state index is 8.06. The summed E-state index contributed by atoms with van der Waals surface area (Å²) in [5, 5.41) is 8.06. The van der Waals surface area contributed by atoms with E-state index in [1.807, 2.05) is 0 Å². The Hall–Kier alpha value is 0.778. The second kappa shape index (κ2) is 4.78. The van der Waals surface area contributed by atoms with Gasteiger partial charge in [-0.05, 0) is 13.8 Å². The van der Waals surface area contributed by atoms with Crippen LogP contribution < -0.4 is 0 Å². The zero-order valence-electron chi connectivity index (χ0n) is 3.47. The Labute approximate surface area is 49.8 Å². The first-order chi connectivity index (χ1) is 1.73. The molecule has 0 heterocycles. The third-order valence-corrected chi connectivity index (χ3v) is 0. The van der Waals surface area contributed by atoms with Gasteiger partial charge in [-0.15, -0.1) is 0 Å². The van der Waals surface area contributed by atoms with Gasteiger partial charge in [-0.2, -0.15) is 0 Å². The Kier molecular flexibility index (Phi) is 8.83. The Morgan fingerprint density at radius 1 is 1.40 bits per heavy atom. The molecule has 3 radical (unpaired) electrons. The summed E-state index contributed by atoms with van der Waals surface area (Å²) in [4.78, 5) is 0. The maximum absolute atomic E-state index is 8.06. The molecule has 0 aromatic carbocycles. The molecule has 0 amide bonds. The fourth-order valence-corrected chi connectivity index (χ4v) is 0. The molecule has 0 aliphatic carbocycles. The Morgan fingerprint density at radius 3 is 1.40 bits per heavy atom. The molecule has 0 rings (SSSR count). The van der Waals surface area contributed by atoms with Crippen LogP contribution in [0.15, 0.2) is 0 Å². The van der Waals surface area contributed by atoms with Gasteiger partial charge in [0, 0.05) is 30.5 Å². The van der Waals surface area contributed by atoms with Crippen molar-refractivity contribution in [1.82, 2.24) is 0 Å². The second-order valence-electron chi connectivity index (χ2n) is 1.09. The molecule has 0 aliphatic heterocycles. The van der Waals surface area contributed by atoms with Crippen molar-refractivity contribution in [3.8, 4) is 0 Å². The van der Waals surface area contributed by atoms with Crippen molar-refractivity contribution in [2.75, 3.05) is 0 Å². The number of hydrogen-bond donors (Lipinski definition) is 1. The molecule has 2 heteroatoms. The minimum absolute atomic E-state index is 0. The molecule has 0 unspecified atom stereocenters. The van der Waals surface area contributed by atoms with Crippen LogP contribution in [0.4, 0.5) is 0 Å². The monoisotopic (exact) mass is 181 g/mol. The van der Waals surface area contributed by atoms with Crippen LogP contribution in [-0.2, 0) is 0 Å². The summed E-state index contributed by atoms with van der Waals surface area (Å²) in [6, 6.07) is 0. The summed E-state index contributed by atoms with van der Waals surface area (Å²) < 4.78 is 0. The van der Waals surface area contributed by atoms with Crippen molar-refractivity contribution >= 4 is 24.4 Å². The average Bonchev–Trinajstić information content (AvgIpc) is 0.811. The molecular weight excluding hydrogens is 174 g/mol. The van der Waals surface area contributed by atoms with E-state index in [2.05, 4.69) is 0 Å². The van der Waals surface area contributed by atoms with Gasteiger partial charge >= 0.3 is 0 Å². The second-order valence-corrected chi connectivity index (χ2v) is 1.09. The molecule has 0 aromatic heterocycles. The van der Waals surface area contributed by atoms with Gasteiger partial charge in [0.1, 0.15) is 0 Å². The first-order valence-corrected chi connectivity index (χ1v) is 1.41. The Morgan fingerprint density at radius 2 is 1.40 bits per heavy atom. The number of hydrogen-bond acceptors (Lipinski definition) is 1. The summed E-state index contributed by atoms with van der Waals surface area (Å²) in [6.45, 7) is 3.44. The summed E-state index contributed by atoms with van der Waals surface area (Å²) in [5.41, 5.74) is 0. The quantitative estimate of drug-likeness (QED) is 0.523. The van der Waals surface area contributed by atoms with Crippen LogP contribution in [0.25, 0.3) is 0 Å². The summed E-state index contributed by atoms with van der Waals surface area (Å²) in [7, 11) is 0. The molecule has 1 nitrogen and oxygen atoms in total. The number of aliphatic hydroxyl groups excluding tert-OH is 1. The first-order valence-electron chi connectivity index (χ1n) is 1.41. The van der Waals surface area contributed by atoms with Crippen LogP contribution in [0.1, 0.15) is 13.8 Å². The molecule has 0 spiro atoms. The van der Waals surface area contributed by atoms with E-state index in [4.69, 9.17) is 5.11 Å². The van der Waals surface area contributed by atoms with Crippen molar-refractivity contribution in [2.45, 2.75) is 20.0 Å². The van der Waals surface area contributed by atoms with Gasteiger partial charge < -0.3 is 5.11 Å². The fraction of sp³-hybridized carbons (Fsp3) is 1.00. The van der Waals surface area contributed by atoms with E-state index in [1.165, 1.54) is 0 Å². The minimum atomic E-state index is -0.167. The summed E-state index contributed by atoms with van der Waals surface area (Å²) in [6.07, 6.45) is -0.167. The third kappa shape index (κ3) is 60.9.